The number of allylic oxidation sites excluding steroid dienone is 1. The summed E-state index contributed by atoms with van der Waals surface area (Å²) in [4.78, 5) is 4.07. The van der Waals surface area contributed by atoms with E-state index >= 15 is 0 Å². The maximum Gasteiger partial charge on any atom is 0.0300 e. The highest BCUT2D eigenvalue weighted by atomic mass is 14.8. The molecular weight excluding hydrogens is 172 g/mol. The van der Waals surface area contributed by atoms with E-state index in [0.29, 0.717) is 0 Å². The molecule has 0 unspecified atom stereocenters. The van der Waals surface area contributed by atoms with E-state index in [1.807, 2.05) is 18.3 Å². The Morgan fingerprint density at radius 1 is 1.43 bits per heavy atom. The van der Waals surface area contributed by atoms with Gasteiger partial charge in [0.25, 0.3) is 0 Å². The predicted octanol–water partition coefficient (Wildman–Crippen LogP) is 2.18. The zero-order valence-electron chi connectivity index (χ0n) is 8.58. The Bertz CT molecular complexity index is 244. The molecule has 14 heavy (non-hydrogen) atoms. The molecule has 0 aliphatic carbocycles. The maximum absolute atomic E-state index is 4.07. The Morgan fingerprint density at radius 3 is 3.07 bits per heavy atom. The van der Waals surface area contributed by atoms with Gasteiger partial charge in [0.15, 0.2) is 0 Å². The summed E-state index contributed by atoms with van der Waals surface area (Å²) in [6.07, 6.45) is 9.02. The summed E-state index contributed by atoms with van der Waals surface area (Å²) in [7, 11) is 0. The highest BCUT2D eigenvalue weighted by molar-refractivity contribution is 5.08. The number of aromatic nitrogens is 1. The molecule has 0 saturated carbocycles. The molecule has 2 nitrogen and oxygen atoms in total. The van der Waals surface area contributed by atoms with Crippen molar-refractivity contribution >= 4 is 0 Å². The van der Waals surface area contributed by atoms with Gasteiger partial charge in [-0.3, -0.25) is 4.98 Å². The number of rotatable bonds is 7. The van der Waals surface area contributed by atoms with Crippen molar-refractivity contribution in [1.29, 1.82) is 0 Å². The van der Waals surface area contributed by atoms with Gasteiger partial charge in [0.2, 0.25) is 0 Å². The molecule has 0 radical (unpaired) electrons. The van der Waals surface area contributed by atoms with Crippen molar-refractivity contribution in [1.82, 2.24) is 10.3 Å². The third-order valence-corrected chi connectivity index (χ3v) is 2.08. The van der Waals surface area contributed by atoms with Crippen molar-refractivity contribution in [3.8, 4) is 0 Å². The number of hydrogen-bond acceptors (Lipinski definition) is 2. The predicted molar refractivity (Wildman–Crippen MR) is 60.2 cm³/mol. The van der Waals surface area contributed by atoms with Crippen LogP contribution >= 0.6 is 0 Å². The maximum atomic E-state index is 4.07. The summed E-state index contributed by atoms with van der Waals surface area (Å²) in [5, 5.41) is 3.39. The van der Waals surface area contributed by atoms with Gasteiger partial charge in [-0.05, 0) is 44.0 Å². The number of hydrogen-bond donors (Lipinski definition) is 1. The van der Waals surface area contributed by atoms with Crippen molar-refractivity contribution in [2.75, 3.05) is 13.1 Å². The molecule has 0 amide bonds. The van der Waals surface area contributed by atoms with Crippen LogP contribution in [0.25, 0.3) is 0 Å². The van der Waals surface area contributed by atoms with E-state index in [-0.39, 0.29) is 0 Å². The average molecular weight is 190 g/mol. The Hall–Kier alpha value is -1.15. The fourth-order valence-corrected chi connectivity index (χ4v) is 1.28. The Morgan fingerprint density at radius 2 is 2.36 bits per heavy atom. The first-order valence-corrected chi connectivity index (χ1v) is 5.14. The molecule has 0 bridgehead atoms. The third kappa shape index (κ3) is 4.77. The van der Waals surface area contributed by atoms with Gasteiger partial charge in [0, 0.05) is 12.4 Å². The summed E-state index contributed by atoms with van der Waals surface area (Å²) >= 11 is 0. The first-order chi connectivity index (χ1) is 6.93. The van der Waals surface area contributed by atoms with Crippen LogP contribution in [0.4, 0.5) is 0 Å². The van der Waals surface area contributed by atoms with Crippen LogP contribution in [0, 0.1) is 0 Å². The van der Waals surface area contributed by atoms with Gasteiger partial charge in [-0.2, -0.15) is 0 Å². The molecule has 1 aromatic rings. The van der Waals surface area contributed by atoms with Gasteiger partial charge in [0.1, 0.15) is 0 Å². The Kier molecular flexibility index (Phi) is 5.68. The van der Waals surface area contributed by atoms with Gasteiger partial charge < -0.3 is 5.32 Å². The molecule has 1 heterocycles. The quantitative estimate of drug-likeness (QED) is 0.526. The van der Waals surface area contributed by atoms with E-state index in [1.54, 1.807) is 6.20 Å². The van der Waals surface area contributed by atoms with E-state index in [9.17, 15) is 0 Å². The number of pyridine rings is 1. The molecule has 1 rings (SSSR count). The lowest BCUT2D eigenvalue weighted by Crippen LogP contribution is -2.18. The van der Waals surface area contributed by atoms with Crippen molar-refractivity contribution < 1.29 is 0 Å². The molecule has 0 fully saturated rings. The summed E-state index contributed by atoms with van der Waals surface area (Å²) < 4.78 is 0. The van der Waals surface area contributed by atoms with Crippen LogP contribution in [0.1, 0.15) is 18.4 Å². The lowest BCUT2D eigenvalue weighted by Gasteiger charge is -2.03. The first-order valence-electron chi connectivity index (χ1n) is 5.14. The smallest absolute Gasteiger partial charge is 0.0300 e. The van der Waals surface area contributed by atoms with Gasteiger partial charge in [-0.1, -0.05) is 12.1 Å². The monoisotopic (exact) mass is 190 g/mol. The van der Waals surface area contributed by atoms with Crippen LogP contribution in [0.3, 0.4) is 0 Å². The molecule has 0 aliphatic rings. The molecule has 0 saturated heterocycles. The van der Waals surface area contributed by atoms with E-state index < -0.39 is 0 Å². The van der Waals surface area contributed by atoms with Crippen LogP contribution < -0.4 is 5.32 Å². The minimum Gasteiger partial charge on any atom is -0.316 e. The zero-order chi connectivity index (χ0) is 10.1. The molecule has 0 aliphatic heterocycles. The van der Waals surface area contributed by atoms with Crippen LogP contribution in [0.5, 0.6) is 0 Å². The Labute approximate surface area is 86.1 Å². The number of nitrogens with zero attached hydrogens (tertiary/aromatic N) is 1. The highest BCUT2D eigenvalue weighted by Crippen LogP contribution is 1.95. The minimum absolute atomic E-state index is 1.03. The van der Waals surface area contributed by atoms with E-state index in [1.165, 1.54) is 12.0 Å². The number of unbranched alkanes of at least 4 members (excludes halogenated alkanes) is 1. The lowest BCUT2D eigenvalue weighted by atomic mass is 10.2. The van der Waals surface area contributed by atoms with Crippen LogP contribution in [0.15, 0.2) is 37.2 Å². The van der Waals surface area contributed by atoms with E-state index in [0.717, 1.165) is 25.9 Å². The van der Waals surface area contributed by atoms with Crippen LogP contribution in [-0.4, -0.2) is 18.1 Å². The zero-order valence-corrected chi connectivity index (χ0v) is 8.58. The fourth-order valence-electron chi connectivity index (χ4n) is 1.28. The topological polar surface area (TPSA) is 24.9 Å². The second-order valence-corrected chi connectivity index (χ2v) is 3.29. The molecule has 0 aromatic carbocycles. The summed E-state index contributed by atoms with van der Waals surface area (Å²) in [6, 6.07) is 4.09. The third-order valence-electron chi connectivity index (χ3n) is 2.08. The van der Waals surface area contributed by atoms with Crippen molar-refractivity contribution in [3.63, 3.8) is 0 Å². The summed E-state index contributed by atoms with van der Waals surface area (Å²) in [5.74, 6) is 0. The molecule has 1 aromatic heterocycles. The van der Waals surface area contributed by atoms with Crippen LogP contribution in [-0.2, 0) is 6.42 Å². The minimum atomic E-state index is 1.03. The summed E-state index contributed by atoms with van der Waals surface area (Å²) in [5.41, 5.74) is 1.30. The van der Waals surface area contributed by atoms with E-state index in [2.05, 4.69) is 22.9 Å². The largest absolute Gasteiger partial charge is 0.316 e. The van der Waals surface area contributed by atoms with Gasteiger partial charge in [-0.25, -0.2) is 0 Å². The van der Waals surface area contributed by atoms with Gasteiger partial charge in [0.05, 0.1) is 0 Å². The molecule has 1 N–H and O–H groups in total. The molecular formula is C12H18N2. The lowest BCUT2D eigenvalue weighted by molar-refractivity contribution is 0.652. The van der Waals surface area contributed by atoms with Crippen molar-refractivity contribution in [2.24, 2.45) is 0 Å². The Balaban J connectivity index is 2.02. The van der Waals surface area contributed by atoms with E-state index in [4.69, 9.17) is 0 Å². The van der Waals surface area contributed by atoms with Gasteiger partial charge >= 0.3 is 0 Å². The normalized spacial score (nSPS) is 10.0. The number of nitrogens with one attached hydrogen (secondary N) is 1. The average Bonchev–Trinajstić information content (AvgIpc) is 2.25. The molecule has 2 heteroatoms. The summed E-state index contributed by atoms with van der Waals surface area (Å²) in [6.45, 7) is 5.80. The van der Waals surface area contributed by atoms with Gasteiger partial charge in [-0.15, -0.1) is 6.58 Å². The molecule has 0 atom stereocenters. The second kappa shape index (κ2) is 7.27. The second-order valence-electron chi connectivity index (χ2n) is 3.29. The van der Waals surface area contributed by atoms with Crippen molar-refractivity contribution in [3.05, 3.63) is 42.7 Å². The SMILES string of the molecule is C=CCCCNCCc1cccnc1. The fraction of sp³-hybridized carbons (Fsp3) is 0.417. The molecule has 76 valence electrons. The first kappa shape index (κ1) is 10.9. The standard InChI is InChI=1S/C12H18N2/c1-2-3-4-8-13-10-7-12-6-5-9-14-11-12/h2,5-6,9,11,13H,1,3-4,7-8,10H2. The van der Waals surface area contributed by atoms with Crippen LogP contribution in [0.2, 0.25) is 0 Å². The van der Waals surface area contributed by atoms with Crippen molar-refractivity contribution in [2.45, 2.75) is 19.3 Å². The molecule has 0 spiro atoms. The highest BCUT2D eigenvalue weighted by Gasteiger charge is 1.91.